The molecule has 0 fully saturated rings. The number of hydrogen-bond donors (Lipinski definition) is 0. The van der Waals surface area contributed by atoms with Crippen molar-refractivity contribution >= 4 is 15.9 Å². The predicted molar refractivity (Wildman–Crippen MR) is 51.6 cm³/mol. The zero-order valence-corrected chi connectivity index (χ0v) is 9.06. The van der Waals surface area contributed by atoms with Crippen molar-refractivity contribution in [2.75, 3.05) is 0 Å². The zero-order valence-electron chi connectivity index (χ0n) is 7.48. The van der Waals surface area contributed by atoms with Crippen LogP contribution in [0.5, 0.6) is 0 Å². The Kier molecular flexibility index (Phi) is 7.39. The Morgan fingerprint density at radius 1 is 1.27 bits per heavy atom. The van der Waals surface area contributed by atoms with Crippen molar-refractivity contribution in [1.29, 1.82) is 0 Å². The lowest BCUT2D eigenvalue weighted by Gasteiger charge is -2.09. The standard InChI is InChI=1S/C9H18BrO/c1-3-4-5-6-7-9(11)8(2)10/h8-9H,3-7H2,1-2H3. The molecule has 0 bridgehead atoms. The Balaban J connectivity index is 3.10. The number of alkyl halides is 1. The molecule has 67 valence electrons. The maximum atomic E-state index is 11.1. The van der Waals surface area contributed by atoms with Crippen LogP contribution in [0.4, 0.5) is 0 Å². The summed E-state index contributed by atoms with van der Waals surface area (Å²) in [5.74, 6) is 0. The van der Waals surface area contributed by atoms with Crippen molar-refractivity contribution in [3.05, 3.63) is 0 Å². The van der Waals surface area contributed by atoms with Crippen LogP contribution in [0.3, 0.4) is 0 Å². The first-order valence-electron chi connectivity index (χ1n) is 4.48. The molecule has 0 aromatic heterocycles. The maximum absolute atomic E-state index is 11.1. The molecule has 0 spiro atoms. The summed E-state index contributed by atoms with van der Waals surface area (Å²) in [4.78, 5) is 0.129. The number of rotatable bonds is 6. The fourth-order valence-corrected chi connectivity index (χ4v) is 1.27. The monoisotopic (exact) mass is 221 g/mol. The van der Waals surface area contributed by atoms with Gasteiger partial charge in [0, 0.05) is 4.83 Å². The second kappa shape index (κ2) is 7.11. The van der Waals surface area contributed by atoms with E-state index < -0.39 is 6.10 Å². The Morgan fingerprint density at radius 3 is 2.36 bits per heavy atom. The summed E-state index contributed by atoms with van der Waals surface area (Å²) in [5.41, 5.74) is 0. The highest BCUT2D eigenvalue weighted by molar-refractivity contribution is 9.09. The zero-order chi connectivity index (χ0) is 8.69. The van der Waals surface area contributed by atoms with Crippen LogP contribution in [0.25, 0.3) is 0 Å². The van der Waals surface area contributed by atoms with E-state index in [1.807, 2.05) is 6.92 Å². The SMILES string of the molecule is CCCCCCC([O])C(C)Br. The molecule has 2 atom stereocenters. The summed E-state index contributed by atoms with van der Waals surface area (Å²) < 4.78 is 0. The lowest BCUT2D eigenvalue weighted by atomic mass is 10.1. The second-order valence-corrected chi connectivity index (χ2v) is 4.51. The third kappa shape index (κ3) is 6.82. The summed E-state index contributed by atoms with van der Waals surface area (Å²) in [6, 6.07) is 0. The van der Waals surface area contributed by atoms with Gasteiger partial charge in [0.1, 0.15) is 6.10 Å². The average molecular weight is 222 g/mol. The van der Waals surface area contributed by atoms with Crippen LogP contribution in [0, 0.1) is 0 Å². The predicted octanol–water partition coefficient (Wildman–Crippen LogP) is 3.54. The molecule has 2 unspecified atom stereocenters. The largest absolute Gasteiger partial charge is 0.232 e. The van der Waals surface area contributed by atoms with Crippen LogP contribution in [0.15, 0.2) is 0 Å². The fourth-order valence-electron chi connectivity index (χ4n) is 1.00. The molecule has 0 aliphatic heterocycles. The molecule has 11 heavy (non-hydrogen) atoms. The van der Waals surface area contributed by atoms with Crippen molar-refractivity contribution in [2.24, 2.45) is 0 Å². The van der Waals surface area contributed by atoms with Gasteiger partial charge in [0.05, 0.1) is 0 Å². The van der Waals surface area contributed by atoms with E-state index in [0.717, 1.165) is 12.8 Å². The van der Waals surface area contributed by atoms with Gasteiger partial charge in [-0.3, -0.25) is 0 Å². The Morgan fingerprint density at radius 2 is 1.91 bits per heavy atom. The third-order valence-electron chi connectivity index (χ3n) is 1.85. The molecule has 0 aromatic carbocycles. The summed E-state index contributed by atoms with van der Waals surface area (Å²) >= 11 is 3.30. The van der Waals surface area contributed by atoms with Gasteiger partial charge in [-0.05, 0) is 6.42 Å². The van der Waals surface area contributed by atoms with Gasteiger partial charge in [-0.2, -0.15) is 0 Å². The first-order valence-corrected chi connectivity index (χ1v) is 5.40. The van der Waals surface area contributed by atoms with Crippen molar-refractivity contribution < 1.29 is 5.11 Å². The molecule has 0 amide bonds. The number of hydrogen-bond acceptors (Lipinski definition) is 0. The molecule has 0 aliphatic carbocycles. The molecule has 0 N–H and O–H groups in total. The first kappa shape index (κ1) is 11.4. The van der Waals surface area contributed by atoms with Crippen molar-refractivity contribution in [3.63, 3.8) is 0 Å². The van der Waals surface area contributed by atoms with E-state index >= 15 is 0 Å². The van der Waals surface area contributed by atoms with Crippen LogP contribution >= 0.6 is 15.9 Å². The number of halogens is 1. The summed E-state index contributed by atoms with van der Waals surface area (Å²) in [5, 5.41) is 11.1. The van der Waals surface area contributed by atoms with E-state index in [1.165, 1.54) is 19.3 Å². The average Bonchev–Trinajstić information content (AvgIpc) is 1.97. The molecular formula is C9H18BrO. The minimum absolute atomic E-state index is 0.129. The smallest absolute Gasteiger partial charge is 0.105 e. The van der Waals surface area contributed by atoms with Crippen molar-refractivity contribution in [3.8, 4) is 0 Å². The van der Waals surface area contributed by atoms with Gasteiger partial charge < -0.3 is 0 Å². The van der Waals surface area contributed by atoms with Crippen LogP contribution in [-0.4, -0.2) is 10.9 Å². The molecule has 0 heterocycles. The van der Waals surface area contributed by atoms with E-state index in [2.05, 4.69) is 22.9 Å². The highest BCUT2D eigenvalue weighted by Crippen LogP contribution is 2.13. The third-order valence-corrected chi connectivity index (χ3v) is 2.44. The lowest BCUT2D eigenvalue weighted by molar-refractivity contribution is 0.0817. The van der Waals surface area contributed by atoms with Crippen molar-refractivity contribution in [2.45, 2.75) is 56.9 Å². The van der Waals surface area contributed by atoms with Crippen LogP contribution < -0.4 is 0 Å². The van der Waals surface area contributed by atoms with Crippen molar-refractivity contribution in [1.82, 2.24) is 0 Å². The van der Waals surface area contributed by atoms with Gasteiger partial charge in [0.15, 0.2) is 0 Å². The molecule has 1 nitrogen and oxygen atoms in total. The summed E-state index contributed by atoms with van der Waals surface area (Å²) in [6.07, 6.45) is 5.24. The molecule has 0 aliphatic rings. The topological polar surface area (TPSA) is 19.9 Å². The molecule has 0 rings (SSSR count). The summed E-state index contributed by atoms with van der Waals surface area (Å²) in [7, 11) is 0. The van der Waals surface area contributed by atoms with E-state index in [-0.39, 0.29) is 4.83 Å². The van der Waals surface area contributed by atoms with Crippen LogP contribution in [0.1, 0.15) is 46.0 Å². The molecule has 1 radical (unpaired) electrons. The summed E-state index contributed by atoms with van der Waals surface area (Å²) in [6.45, 7) is 4.11. The van der Waals surface area contributed by atoms with E-state index in [1.54, 1.807) is 0 Å². The number of unbranched alkanes of at least 4 members (excludes halogenated alkanes) is 3. The van der Waals surface area contributed by atoms with Gasteiger partial charge in [-0.15, -0.1) is 0 Å². The molecule has 2 heteroatoms. The van der Waals surface area contributed by atoms with Gasteiger partial charge in [-0.1, -0.05) is 55.5 Å². The fraction of sp³-hybridized carbons (Fsp3) is 1.00. The minimum atomic E-state index is -0.410. The highest BCUT2D eigenvalue weighted by atomic mass is 79.9. The van der Waals surface area contributed by atoms with Crippen LogP contribution in [0.2, 0.25) is 0 Å². The highest BCUT2D eigenvalue weighted by Gasteiger charge is 2.11. The molecule has 0 aromatic rings. The minimum Gasteiger partial charge on any atom is -0.232 e. The van der Waals surface area contributed by atoms with Gasteiger partial charge >= 0.3 is 0 Å². The molecular weight excluding hydrogens is 204 g/mol. The second-order valence-electron chi connectivity index (χ2n) is 3.07. The quantitative estimate of drug-likeness (QED) is 0.484. The Labute approximate surface area is 78.3 Å². The molecule has 0 saturated carbocycles. The van der Waals surface area contributed by atoms with Gasteiger partial charge in [0.2, 0.25) is 0 Å². The first-order chi connectivity index (χ1) is 5.18. The normalized spacial score (nSPS) is 16.4. The van der Waals surface area contributed by atoms with Gasteiger partial charge in [-0.25, -0.2) is 5.11 Å². The Bertz CT molecular complexity index is 83.6. The van der Waals surface area contributed by atoms with E-state index in [4.69, 9.17) is 0 Å². The molecule has 0 saturated heterocycles. The maximum Gasteiger partial charge on any atom is 0.105 e. The lowest BCUT2D eigenvalue weighted by Crippen LogP contribution is -2.14. The van der Waals surface area contributed by atoms with Crippen LogP contribution in [-0.2, 0) is 5.11 Å². The van der Waals surface area contributed by atoms with E-state index in [0.29, 0.717) is 0 Å². The van der Waals surface area contributed by atoms with Gasteiger partial charge in [0.25, 0.3) is 0 Å². The van der Waals surface area contributed by atoms with E-state index in [9.17, 15) is 5.11 Å². The Hall–Kier alpha value is 0.440.